The summed E-state index contributed by atoms with van der Waals surface area (Å²) < 4.78 is 0. The predicted molar refractivity (Wildman–Crippen MR) is 101 cm³/mol. The Labute approximate surface area is 146 Å². The Morgan fingerprint density at radius 2 is 2.04 bits per heavy atom. The molecular formula is C18H22N7+. The second-order valence-electron chi connectivity index (χ2n) is 5.53. The van der Waals surface area contributed by atoms with E-state index in [1.54, 1.807) is 11.5 Å². The summed E-state index contributed by atoms with van der Waals surface area (Å²) >= 11 is 0. The third-order valence-electron chi connectivity index (χ3n) is 3.61. The van der Waals surface area contributed by atoms with Crippen LogP contribution >= 0.6 is 0 Å². The topological polar surface area (TPSA) is 153 Å². The van der Waals surface area contributed by atoms with Gasteiger partial charge in [-0.25, -0.2) is 0 Å². The minimum atomic E-state index is -0.312. The fraction of sp³-hybridized carbons (Fsp3) is 0.111. The van der Waals surface area contributed by atoms with Crippen LogP contribution in [0.25, 0.3) is 10.9 Å². The Hall–Kier alpha value is -3.16. The molecule has 0 aliphatic heterocycles. The number of allylic oxidation sites excluding steroid dienone is 2. The van der Waals surface area contributed by atoms with Gasteiger partial charge in [-0.05, 0) is 29.8 Å². The zero-order chi connectivity index (χ0) is 18.2. The molecule has 0 amide bonds. The quantitative estimate of drug-likeness (QED) is 0.250. The van der Waals surface area contributed by atoms with Crippen LogP contribution in [-0.4, -0.2) is 28.9 Å². The first-order valence-electron chi connectivity index (χ1n) is 7.75. The van der Waals surface area contributed by atoms with Gasteiger partial charge < -0.3 is 16.6 Å². The van der Waals surface area contributed by atoms with Gasteiger partial charge in [0.25, 0.3) is 0 Å². The van der Waals surface area contributed by atoms with Crippen LogP contribution in [0.3, 0.4) is 0 Å². The number of quaternary nitrogens is 1. The van der Waals surface area contributed by atoms with Crippen molar-refractivity contribution in [3.63, 3.8) is 0 Å². The van der Waals surface area contributed by atoms with Crippen LogP contribution in [0.4, 0.5) is 0 Å². The second kappa shape index (κ2) is 8.62. The number of benzene rings is 1. The van der Waals surface area contributed by atoms with Crippen molar-refractivity contribution in [1.29, 1.82) is 16.2 Å². The highest BCUT2D eigenvalue weighted by Gasteiger charge is 2.10. The highest BCUT2D eigenvalue weighted by molar-refractivity contribution is 6.20. The number of amidine groups is 1. The van der Waals surface area contributed by atoms with Gasteiger partial charge in [-0.2, -0.15) is 0 Å². The molecule has 0 spiro atoms. The van der Waals surface area contributed by atoms with Crippen molar-refractivity contribution in [2.24, 2.45) is 11.5 Å². The summed E-state index contributed by atoms with van der Waals surface area (Å²) in [6, 6.07) is 9.89. The monoisotopic (exact) mass is 336 g/mol. The maximum atomic E-state index is 7.93. The predicted octanol–water partition coefficient (Wildman–Crippen LogP) is 0.671. The molecule has 0 aliphatic rings. The first kappa shape index (κ1) is 18.2. The summed E-state index contributed by atoms with van der Waals surface area (Å²) in [5.74, 6) is 0.209. The van der Waals surface area contributed by atoms with Crippen molar-refractivity contribution in [1.82, 2.24) is 4.98 Å². The number of aromatic nitrogens is 1. The normalized spacial score (nSPS) is 13.1. The highest BCUT2D eigenvalue weighted by Crippen LogP contribution is 2.13. The van der Waals surface area contributed by atoms with Crippen LogP contribution in [0.5, 0.6) is 0 Å². The SMILES string of the molecule is N=C/C(=C\N)C(=N)/C=C\C(=N)[NH2+]C(N)Cc1ccc2ncccc2c1. The molecule has 1 aromatic carbocycles. The van der Waals surface area contributed by atoms with Gasteiger partial charge in [-0.3, -0.25) is 21.4 Å². The molecule has 0 bridgehead atoms. The lowest BCUT2D eigenvalue weighted by atomic mass is 10.1. The van der Waals surface area contributed by atoms with Crippen LogP contribution in [-0.2, 0) is 6.42 Å². The molecule has 0 saturated heterocycles. The number of nitrogens with zero attached hydrogens (tertiary/aromatic N) is 1. The Morgan fingerprint density at radius 3 is 2.76 bits per heavy atom. The number of pyridine rings is 1. The fourth-order valence-electron chi connectivity index (χ4n) is 2.35. The Bertz CT molecular complexity index is 851. The maximum absolute atomic E-state index is 7.93. The van der Waals surface area contributed by atoms with Gasteiger partial charge in [0.15, 0.2) is 0 Å². The maximum Gasteiger partial charge on any atom is 0.218 e. The van der Waals surface area contributed by atoms with Gasteiger partial charge >= 0.3 is 0 Å². The average molecular weight is 336 g/mol. The second-order valence-corrected chi connectivity index (χ2v) is 5.53. The van der Waals surface area contributed by atoms with Crippen LogP contribution in [0.2, 0.25) is 0 Å². The van der Waals surface area contributed by atoms with Gasteiger partial charge in [0.05, 0.1) is 11.2 Å². The molecule has 25 heavy (non-hydrogen) atoms. The van der Waals surface area contributed by atoms with E-state index in [-0.39, 0.29) is 23.3 Å². The standard InChI is InChI=1S/C18H21N7/c19-10-14(11-20)15(21)4-6-17(22)25-18(23)9-12-3-5-16-13(8-12)2-1-7-24-16/h1-8,10-11,18-19,21H,9,20,23H2,(H2,22,25)/p+1/b6-4-,14-11+,19-10?,21-15?. The number of hydrogen-bond donors (Lipinski definition) is 6. The molecule has 1 aromatic heterocycles. The number of hydrogen-bond acceptors (Lipinski definition) is 6. The minimum Gasteiger partial charge on any atom is -0.404 e. The molecule has 0 fully saturated rings. The van der Waals surface area contributed by atoms with E-state index in [2.05, 4.69) is 4.98 Å². The molecule has 9 N–H and O–H groups in total. The molecule has 2 rings (SSSR count). The van der Waals surface area contributed by atoms with Gasteiger partial charge in [-0.1, -0.05) is 12.1 Å². The summed E-state index contributed by atoms with van der Waals surface area (Å²) in [4.78, 5) is 4.29. The van der Waals surface area contributed by atoms with Crippen LogP contribution in [0.1, 0.15) is 5.56 Å². The van der Waals surface area contributed by atoms with Crippen LogP contribution in [0.15, 0.2) is 60.5 Å². The molecule has 7 nitrogen and oxygen atoms in total. The number of nitrogens with two attached hydrogens (primary N) is 3. The van der Waals surface area contributed by atoms with Crippen LogP contribution in [0, 0.1) is 16.2 Å². The molecule has 7 heteroatoms. The van der Waals surface area contributed by atoms with E-state index in [1.165, 1.54) is 18.4 Å². The molecule has 1 unspecified atom stereocenters. The third kappa shape index (κ3) is 5.17. The van der Waals surface area contributed by atoms with Crippen LogP contribution < -0.4 is 16.8 Å². The van der Waals surface area contributed by atoms with Gasteiger partial charge in [0.1, 0.15) is 6.17 Å². The molecule has 2 aromatic rings. The number of rotatable bonds is 7. The summed E-state index contributed by atoms with van der Waals surface area (Å²) in [6.07, 6.45) is 7.14. The van der Waals surface area contributed by atoms with E-state index in [4.69, 9.17) is 27.7 Å². The lowest BCUT2D eigenvalue weighted by molar-refractivity contribution is -0.579. The summed E-state index contributed by atoms with van der Waals surface area (Å²) in [6.45, 7) is 0. The average Bonchev–Trinajstić information content (AvgIpc) is 2.60. The lowest BCUT2D eigenvalue weighted by Crippen LogP contribution is -2.95. The molecule has 0 saturated carbocycles. The highest BCUT2D eigenvalue weighted by atomic mass is 15.1. The van der Waals surface area contributed by atoms with Gasteiger partial charge in [0.2, 0.25) is 5.84 Å². The molecule has 1 atom stereocenters. The number of fused-ring (bicyclic) bond motifs is 1. The van der Waals surface area contributed by atoms with Crippen molar-refractivity contribution in [3.8, 4) is 0 Å². The Kier molecular flexibility index (Phi) is 6.27. The largest absolute Gasteiger partial charge is 0.404 e. The van der Waals surface area contributed by atoms with Crippen molar-refractivity contribution >= 4 is 28.7 Å². The smallest absolute Gasteiger partial charge is 0.218 e. The van der Waals surface area contributed by atoms with Crippen molar-refractivity contribution in [2.75, 3.05) is 0 Å². The number of nitrogens with one attached hydrogen (secondary N) is 3. The molecular weight excluding hydrogens is 314 g/mol. The first-order chi connectivity index (χ1) is 12.0. The Morgan fingerprint density at radius 1 is 1.24 bits per heavy atom. The van der Waals surface area contributed by atoms with E-state index in [9.17, 15) is 0 Å². The molecule has 1 heterocycles. The van der Waals surface area contributed by atoms with Crippen molar-refractivity contribution < 1.29 is 5.32 Å². The first-order valence-corrected chi connectivity index (χ1v) is 7.75. The zero-order valence-electron chi connectivity index (χ0n) is 13.7. The van der Waals surface area contributed by atoms with Crippen molar-refractivity contribution in [2.45, 2.75) is 12.6 Å². The molecule has 0 radical (unpaired) electrons. The minimum absolute atomic E-state index is 0.0752. The third-order valence-corrected chi connectivity index (χ3v) is 3.61. The molecule has 128 valence electrons. The lowest BCUT2D eigenvalue weighted by Gasteiger charge is -2.10. The fourth-order valence-corrected chi connectivity index (χ4v) is 2.35. The summed E-state index contributed by atoms with van der Waals surface area (Å²) in [5.41, 5.74) is 13.8. The summed E-state index contributed by atoms with van der Waals surface area (Å²) in [7, 11) is 0. The van der Waals surface area contributed by atoms with Crippen molar-refractivity contribution in [3.05, 3.63) is 66.0 Å². The molecule has 0 aliphatic carbocycles. The van der Waals surface area contributed by atoms with E-state index in [1.807, 2.05) is 30.3 Å². The van der Waals surface area contributed by atoms with E-state index in [0.29, 0.717) is 6.42 Å². The van der Waals surface area contributed by atoms with Gasteiger partial charge in [0, 0.05) is 42.1 Å². The zero-order valence-corrected chi connectivity index (χ0v) is 13.7. The van der Waals surface area contributed by atoms with E-state index in [0.717, 1.165) is 22.7 Å². The van der Waals surface area contributed by atoms with E-state index < -0.39 is 0 Å². The summed E-state index contributed by atoms with van der Waals surface area (Å²) in [5, 5.41) is 25.5. The van der Waals surface area contributed by atoms with Gasteiger partial charge in [-0.15, -0.1) is 0 Å². The van der Waals surface area contributed by atoms with E-state index >= 15 is 0 Å². The Balaban J connectivity index is 1.94.